The summed E-state index contributed by atoms with van der Waals surface area (Å²) in [7, 11) is 0. The molecular formula is C42H83NO5. The van der Waals surface area contributed by atoms with E-state index in [2.05, 4.69) is 31.3 Å². The zero-order chi connectivity index (χ0) is 35.3. The number of carbonyl (C=O) groups excluding carboxylic acids is 1. The predicted molar refractivity (Wildman–Crippen MR) is 205 cm³/mol. The van der Waals surface area contributed by atoms with Crippen LogP contribution in [0.1, 0.15) is 219 Å². The standard InChI is InChI=1S/C42H83NO5/c1-3-5-7-9-11-13-15-17-19-20-21-22-24-26-28-30-32-34-36-40(46)42(48)43-38(37-44)41(47)39(45)35-33-31-29-27-25-23-18-16-14-12-10-8-6-4-2/h20-21,38-41,44-47H,3-19,22-37H2,1-2H3,(H,43,48)/b21-20-. The minimum absolute atomic E-state index is 0.364. The quantitative estimate of drug-likeness (QED) is 0.0329. The summed E-state index contributed by atoms with van der Waals surface area (Å²) in [6.45, 7) is 4.04. The van der Waals surface area contributed by atoms with Crippen LogP contribution in [0.4, 0.5) is 0 Å². The van der Waals surface area contributed by atoms with Gasteiger partial charge in [-0.25, -0.2) is 0 Å². The summed E-state index contributed by atoms with van der Waals surface area (Å²) in [5.74, 6) is -0.587. The molecule has 4 unspecified atom stereocenters. The molecule has 0 aliphatic carbocycles. The first-order chi connectivity index (χ1) is 23.5. The maximum Gasteiger partial charge on any atom is 0.249 e. The summed E-state index contributed by atoms with van der Waals surface area (Å²) in [6.07, 6.45) is 39.4. The maximum absolute atomic E-state index is 12.5. The zero-order valence-electron chi connectivity index (χ0n) is 32.0. The molecule has 6 heteroatoms. The number of carbonyl (C=O) groups is 1. The Morgan fingerprint density at radius 1 is 0.500 bits per heavy atom. The molecule has 0 spiro atoms. The lowest BCUT2D eigenvalue weighted by atomic mass is 9.99. The van der Waals surface area contributed by atoms with Gasteiger partial charge in [-0.3, -0.25) is 4.79 Å². The molecule has 6 nitrogen and oxygen atoms in total. The molecule has 0 aromatic rings. The molecule has 0 rings (SSSR count). The average Bonchev–Trinajstić information content (AvgIpc) is 3.09. The average molecular weight is 682 g/mol. The Balaban J connectivity index is 3.76. The van der Waals surface area contributed by atoms with Crippen molar-refractivity contribution in [3.63, 3.8) is 0 Å². The van der Waals surface area contributed by atoms with Crippen LogP contribution < -0.4 is 5.32 Å². The van der Waals surface area contributed by atoms with Gasteiger partial charge >= 0.3 is 0 Å². The van der Waals surface area contributed by atoms with Crippen LogP contribution in [0.2, 0.25) is 0 Å². The fourth-order valence-corrected chi connectivity index (χ4v) is 6.57. The van der Waals surface area contributed by atoms with Crippen LogP contribution in [0.5, 0.6) is 0 Å². The highest BCUT2D eigenvalue weighted by Gasteiger charge is 2.28. The minimum Gasteiger partial charge on any atom is -0.394 e. The summed E-state index contributed by atoms with van der Waals surface area (Å²) in [5, 5.41) is 43.6. The number of unbranched alkanes of at least 4 members (excludes halogenated alkanes) is 27. The van der Waals surface area contributed by atoms with Gasteiger partial charge in [0, 0.05) is 0 Å². The Kier molecular flexibility index (Phi) is 36.6. The Morgan fingerprint density at radius 2 is 0.833 bits per heavy atom. The third-order valence-corrected chi connectivity index (χ3v) is 9.98. The lowest BCUT2D eigenvalue weighted by Gasteiger charge is -2.27. The number of hydrogen-bond donors (Lipinski definition) is 5. The molecule has 4 atom stereocenters. The molecule has 0 aliphatic heterocycles. The number of rotatable bonds is 38. The van der Waals surface area contributed by atoms with Crippen LogP contribution in [0.3, 0.4) is 0 Å². The second-order valence-electron chi connectivity index (χ2n) is 14.7. The Bertz CT molecular complexity index is 687. The highest BCUT2D eigenvalue weighted by atomic mass is 16.3. The van der Waals surface area contributed by atoms with Gasteiger partial charge in [0.1, 0.15) is 12.2 Å². The van der Waals surface area contributed by atoms with Crippen LogP contribution in [0.25, 0.3) is 0 Å². The van der Waals surface area contributed by atoms with Crippen LogP contribution in [0, 0.1) is 0 Å². The van der Waals surface area contributed by atoms with E-state index in [9.17, 15) is 25.2 Å². The molecule has 5 N–H and O–H groups in total. The molecular weight excluding hydrogens is 598 g/mol. The first kappa shape index (κ1) is 47.0. The second kappa shape index (κ2) is 37.3. The van der Waals surface area contributed by atoms with Gasteiger partial charge in [-0.05, 0) is 38.5 Å². The van der Waals surface area contributed by atoms with Crippen molar-refractivity contribution in [3.05, 3.63) is 12.2 Å². The van der Waals surface area contributed by atoms with Gasteiger partial charge in [0.2, 0.25) is 5.91 Å². The highest BCUT2D eigenvalue weighted by molar-refractivity contribution is 5.80. The normalized spacial score (nSPS) is 14.4. The summed E-state index contributed by atoms with van der Waals surface area (Å²) >= 11 is 0. The van der Waals surface area contributed by atoms with E-state index in [0.29, 0.717) is 12.8 Å². The number of hydrogen-bond acceptors (Lipinski definition) is 5. The lowest BCUT2D eigenvalue weighted by Crippen LogP contribution is -2.53. The highest BCUT2D eigenvalue weighted by Crippen LogP contribution is 2.16. The molecule has 0 radical (unpaired) electrons. The third-order valence-electron chi connectivity index (χ3n) is 9.98. The van der Waals surface area contributed by atoms with Gasteiger partial charge < -0.3 is 25.7 Å². The fourth-order valence-electron chi connectivity index (χ4n) is 6.57. The smallest absolute Gasteiger partial charge is 0.249 e. The van der Waals surface area contributed by atoms with Gasteiger partial charge in [-0.15, -0.1) is 0 Å². The predicted octanol–water partition coefficient (Wildman–Crippen LogP) is 10.6. The van der Waals surface area contributed by atoms with E-state index in [-0.39, 0.29) is 0 Å². The molecule has 0 saturated carbocycles. The second-order valence-corrected chi connectivity index (χ2v) is 14.7. The van der Waals surface area contributed by atoms with Crippen LogP contribution in [-0.2, 0) is 4.79 Å². The minimum atomic E-state index is -1.26. The summed E-state index contributed by atoms with van der Waals surface area (Å²) in [4.78, 5) is 12.5. The lowest BCUT2D eigenvalue weighted by molar-refractivity contribution is -0.132. The van der Waals surface area contributed by atoms with Gasteiger partial charge in [0.25, 0.3) is 0 Å². The summed E-state index contributed by atoms with van der Waals surface area (Å²) in [5.41, 5.74) is 0. The van der Waals surface area contributed by atoms with Crippen LogP contribution in [-0.4, -0.2) is 57.3 Å². The maximum atomic E-state index is 12.5. The van der Waals surface area contributed by atoms with E-state index in [1.807, 2.05) is 0 Å². The van der Waals surface area contributed by atoms with E-state index in [1.165, 1.54) is 148 Å². The first-order valence-electron chi connectivity index (χ1n) is 21.1. The van der Waals surface area contributed by atoms with Crippen molar-refractivity contribution in [3.8, 4) is 0 Å². The molecule has 0 aliphatic rings. The number of allylic oxidation sites excluding steroid dienone is 2. The van der Waals surface area contributed by atoms with E-state index in [4.69, 9.17) is 0 Å². The van der Waals surface area contributed by atoms with Gasteiger partial charge in [0.05, 0.1) is 18.8 Å². The number of nitrogens with one attached hydrogen (secondary N) is 1. The number of amides is 1. The molecule has 0 heterocycles. The van der Waals surface area contributed by atoms with Gasteiger partial charge in [-0.2, -0.15) is 0 Å². The summed E-state index contributed by atoms with van der Waals surface area (Å²) in [6, 6.07) is -0.983. The first-order valence-corrected chi connectivity index (χ1v) is 21.1. The third kappa shape index (κ3) is 31.1. The van der Waals surface area contributed by atoms with E-state index in [0.717, 1.165) is 44.9 Å². The van der Waals surface area contributed by atoms with Crippen LogP contribution >= 0.6 is 0 Å². The molecule has 0 aromatic carbocycles. The van der Waals surface area contributed by atoms with Crippen molar-refractivity contribution in [2.75, 3.05) is 6.61 Å². The number of aliphatic hydroxyl groups excluding tert-OH is 4. The summed E-state index contributed by atoms with van der Waals surface area (Å²) < 4.78 is 0. The molecule has 0 saturated heterocycles. The van der Waals surface area contributed by atoms with Crippen molar-refractivity contribution in [2.24, 2.45) is 0 Å². The molecule has 48 heavy (non-hydrogen) atoms. The van der Waals surface area contributed by atoms with Crippen molar-refractivity contribution < 1.29 is 25.2 Å². The Labute approximate surface area is 298 Å². The molecule has 0 aromatic heterocycles. The van der Waals surface area contributed by atoms with Crippen molar-refractivity contribution in [2.45, 2.75) is 244 Å². The van der Waals surface area contributed by atoms with Gasteiger partial charge in [0.15, 0.2) is 0 Å². The Hall–Kier alpha value is -0.950. The van der Waals surface area contributed by atoms with E-state index < -0.39 is 36.9 Å². The molecule has 0 fully saturated rings. The van der Waals surface area contributed by atoms with Crippen molar-refractivity contribution in [1.82, 2.24) is 5.32 Å². The van der Waals surface area contributed by atoms with E-state index >= 15 is 0 Å². The van der Waals surface area contributed by atoms with Crippen molar-refractivity contribution >= 4 is 5.91 Å². The van der Waals surface area contributed by atoms with Crippen LogP contribution in [0.15, 0.2) is 12.2 Å². The Morgan fingerprint density at radius 3 is 1.21 bits per heavy atom. The molecule has 1 amide bonds. The fraction of sp³-hybridized carbons (Fsp3) is 0.929. The van der Waals surface area contributed by atoms with Crippen molar-refractivity contribution in [1.29, 1.82) is 0 Å². The number of aliphatic hydroxyl groups is 4. The SMILES string of the molecule is CCCCCCCCCC/C=C\CCCCCCCCC(O)C(=O)NC(CO)C(O)C(O)CCCCCCCCCCCCCCCC. The monoisotopic (exact) mass is 682 g/mol. The molecule has 0 bridgehead atoms. The van der Waals surface area contributed by atoms with E-state index in [1.54, 1.807) is 0 Å². The topological polar surface area (TPSA) is 110 Å². The molecule has 286 valence electrons. The van der Waals surface area contributed by atoms with Gasteiger partial charge in [-0.1, -0.05) is 193 Å². The zero-order valence-corrected chi connectivity index (χ0v) is 32.0. The largest absolute Gasteiger partial charge is 0.394 e.